The molecule has 0 radical (unpaired) electrons. The van der Waals surface area contributed by atoms with Crippen LogP contribution >= 0.6 is 0 Å². The lowest BCUT2D eigenvalue weighted by Gasteiger charge is -2.13. The molecule has 1 saturated heterocycles. The highest BCUT2D eigenvalue weighted by Crippen LogP contribution is 2.30. The second kappa shape index (κ2) is 3.94. The Morgan fingerprint density at radius 3 is 3.00 bits per heavy atom. The summed E-state index contributed by atoms with van der Waals surface area (Å²) in [6.45, 7) is 0.542. The molecule has 0 saturated carbocycles. The first-order valence-electron chi connectivity index (χ1n) is 5.58. The van der Waals surface area contributed by atoms with E-state index in [0.717, 1.165) is 12.8 Å². The fourth-order valence-electron chi connectivity index (χ4n) is 2.15. The second-order valence-corrected chi connectivity index (χ2v) is 4.11. The number of aromatic nitrogens is 4. The summed E-state index contributed by atoms with van der Waals surface area (Å²) < 4.78 is 7.69. The molecule has 0 aromatic carbocycles. The van der Waals surface area contributed by atoms with Crippen LogP contribution in [0.4, 0.5) is 5.82 Å². The van der Waals surface area contributed by atoms with E-state index in [1.165, 1.54) is 6.33 Å². The Morgan fingerprint density at radius 2 is 2.24 bits per heavy atom. The number of rotatable bonds is 2. The first-order valence-corrected chi connectivity index (χ1v) is 5.58. The summed E-state index contributed by atoms with van der Waals surface area (Å²) in [5, 5.41) is 0. The Bertz CT molecular complexity index is 539. The van der Waals surface area contributed by atoms with Crippen molar-refractivity contribution in [3.8, 4) is 0 Å². The van der Waals surface area contributed by atoms with E-state index in [4.69, 9.17) is 16.2 Å². The van der Waals surface area contributed by atoms with Crippen LogP contribution < -0.4 is 11.5 Å². The van der Waals surface area contributed by atoms with E-state index in [9.17, 15) is 0 Å². The fraction of sp³-hybridized carbons (Fsp3) is 0.500. The summed E-state index contributed by atoms with van der Waals surface area (Å²) in [4.78, 5) is 12.3. The summed E-state index contributed by atoms with van der Waals surface area (Å²) in [5.74, 6) is 0.391. The van der Waals surface area contributed by atoms with E-state index < -0.39 is 0 Å². The average Bonchev–Trinajstić information content (AvgIpc) is 2.94. The SMILES string of the molecule is NC[C@@H]1CC[C@H](n2cnc3c(N)ncnc32)O1. The van der Waals surface area contributed by atoms with E-state index >= 15 is 0 Å². The van der Waals surface area contributed by atoms with Crippen LogP contribution in [0.3, 0.4) is 0 Å². The average molecular weight is 234 g/mol. The third-order valence-electron chi connectivity index (χ3n) is 3.05. The van der Waals surface area contributed by atoms with Crippen LogP contribution in [-0.4, -0.2) is 32.2 Å². The van der Waals surface area contributed by atoms with Crippen molar-refractivity contribution in [1.82, 2.24) is 19.5 Å². The number of ether oxygens (including phenoxy) is 1. The standard InChI is InChI=1S/C10H14N6O/c11-3-6-1-2-7(17-6)16-5-15-8-9(12)13-4-14-10(8)16/h4-7H,1-3,11H2,(H2,12,13,14)/t6-,7+/m0/s1. The smallest absolute Gasteiger partial charge is 0.167 e. The maximum atomic E-state index is 5.80. The molecule has 0 aliphatic carbocycles. The number of fused-ring (bicyclic) bond motifs is 1. The van der Waals surface area contributed by atoms with Crippen LogP contribution in [0.1, 0.15) is 19.1 Å². The van der Waals surface area contributed by atoms with Gasteiger partial charge in [-0.15, -0.1) is 0 Å². The summed E-state index contributed by atoms with van der Waals surface area (Å²) >= 11 is 0. The Balaban J connectivity index is 1.99. The minimum atomic E-state index is -0.0529. The summed E-state index contributed by atoms with van der Waals surface area (Å²) in [6, 6.07) is 0. The molecular formula is C10H14N6O. The van der Waals surface area contributed by atoms with Crippen molar-refractivity contribution >= 4 is 17.0 Å². The Hall–Kier alpha value is -1.73. The van der Waals surface area contributed by atoms with Crippen molar-refractivity contribution in [2.75, 3.05) is 12.3 Å². The number of nitrogens with two attached hydrogens (primary N) is 2. The molecule has 2 aromatic rings. The van der Waals surface area contributed by atoms with E-state index in [2.05, 4.69) is 15.0 Å². The number of nitrogen functional groups attached to an aromatic ring is 1. The Morgan fingerprint density at radius 1 is 1.35 bits per heavy atom. The minimum Gasteiger partial charge on any atom is -0.382 e. The summed E-state index contributed by atoms with van der Waals surface area (Å²) in [7, 11) is 0. The molecule has 2 aromatic heterocycles. The number of anilines is 1. The van der Waals surface area contributed by atoms with Crippen molar-refractivity contribution in [3.05, 3.63) is 12.7 Å². The lowest BCUT2D eigenvalue weighted by atomic mass is 10.2. The lowest BCUT2D eigenvalue weighted by molar-refractivity contribution is 0.00866. The molecule has 4 N–H and O–H groups in total. The molecular weight excluding hydrogens is 220 g/mol. The zero-order valence-electron chi connectivity index (χ0n) is 9.28. The van der Waals surface area contributed by atoms with Gasteiger partial charge in [-0.2, -0.15) is 0 Å². The molecule has 0 spiro atoms. The van der Waals surface area contributed by atoms with Gasteiger partial charge in [0.1, 0.15) is 18.1 Å². The van der Waals surface area contributed by atoms with Crippen LogP contribution in [-0.2, 0) is 4.74 Å². The molecule has 1 aliphatic rings. The summed E-state index contributed by atoms with van der Waals surface area (Å²) in [5.41, 5.74) is 12.7. The maximum Gasteiger partial charge on any atom is 0.167 e. The monoisotopic (exact) mass is 234 g/mol. The van der Waals surface area contributed by atoms with Gasteiger partial charge in [-0.1, -0.05) is 0 Å². The van der Waals surface area contributed by atoms with Gasteiger partial charge in [0, 0.05) is 6.54 Å². The van der Waals surface area contributed by atoms with E-state index in [-0.39, 0.29) is 12.3 Å². The molecule has 7 heteroatoms. The highest BCUT2D eigenvalue weighted by Gasteiger charge is 2.27. The lowest BCUT2D eigenvalue weighted by Crippen LogP contribution is -2.20. The predicted octanol–water partition coefficient (Wildman–Crippen LogP) is 0.0448. The third kappa shape index (κ3) is 1.63. The highest BCUT2D eigenvalue weighted by molar-refractivity contribution is 5.81. The number of imidazole rings is 1. The second-order valence-electron chi connectivity index (χ2n) is 4.11. The highest BCUT2D eigenvalue weighted by atomic mass is 16.5. The van der Waals surface area contributed by atoms with Gasteiger partial charge < -0.3 is 16.2 Å². The fourth-order valence-corrected chi connectivity index (χ4v) is 2.15. The quantitative estimate of drug-likeness (QED) is 0.760. The van der Waals surface area contributed by atoms with Crippen LogP contribution in [0.2, 0.25) is 0 Å². The van der Waals surface area contributed by atoms with Crippen LogP contribution in [0.15, 0.2) is 12.7 Å². The van der Waals surface area contributed by atoms with Gasteiger partial charge in [0.15, 0.2) is 11.5 Å². The Labute approximate surface area is 97.8 Å². The first kappa shape index (κ1) is 10.4. The zero-order chi connectivity index (χ0) is 11.8. The molecule has 7 nitrogen and oxygen atoms in total. The largest absolute Gasteiger partial charge is 0.382 e. The molecule has 1 aliphatic heterocycles. The maximum absolute atomic E-state index is 5.80. The zero-order valence-corrected chi connectivity index (χ0v) is 9.28. The van der Waals surface area contributed by atoms with Crippen molar-refractivity contribution in [1.29, 1.82) is 0 Å². The Kier molecular flexibility index (Phi) is 2.41. The third-order valence-corrected chi connectivity index (χ3v) is 3.05. The molecule has 90 valence electrons. The van der Waals surface area contributed by atoms with Crippen LogP contribution in [0, 0.1) is 0 Å². The molecule has 1 fully saturated rings. The molecule has 3 rings (SSSR count). The van der Waals surface area contributed by atoms with Gasteiger partial charge in [0.2, 0.25) is 0 Å². The number of hydrogen-bond acceptors (Lipinski definition) is 6. The van der Waals surface area contributed by atoms with Crippen LogP contribution in [0.5, 0.6) is 0 Å². The summed E-state index contributed by atoms with van der Waals surface area (Å²) in [6.07, 6.45) is 5.07. The molecule has 0 unspecified atom stereocenters. The van der Waals surface area contributed by atoms with Gasteiger partial charge in [-0.3, -0.25) is 4.57 Å². The predicted molar refractivity (Wildman–Crippen MR) is 61.9 cm³/mol. The van der Waals surface area contributed by atoms with Gasteiger partial charge in [0.05, 0.1) is 12.4 Å². The van der Waals surface area contributed by atoms with Gasteiger partial charge >= 0.3 is 0 Å². The van der Waals surface area contributed by atoms with Crippen molar-refractivity contribution < 1.29 is 4.74 Å². The number of nitrogens with zero attached hydrogens (tertiary/aromatic N) is 4. The molecule has 0 bridgehead atoms. The molecule has 2 atom stereocenters. The molecule has 17 heavy (non-hydrogen) atoms. The normalized spacial score (nSPS) is 24.5. The van der Waals surface area contributed by atoms with E-state index in [0.29, 0.717) is 23.5 Å². The van der Waals surface area contributed by atoms with Gasteiger partial charge in [-0.05, 0) is 12.8 Å². The minimum absolute atomic E-state index is 0.0529. The van der Waals surface area contributed by atoms with E-state index in [1.807, 2.05) is 4.57 Å². The topological polar surface area (TPSA) is 105 Å². The van der Waals surface area contributed by atoms with Crippen molar-refractivity contribution in [3.63, 3.8) is 0 Å². The van der Waals surface area contributed by atoms with Gasteiger partial charge in [-0.25, -0.2) is 15.0 Å². The first-order chi connectivity index (χ1) is 8.29. The number of hydrogen-bond donors (Lipinski definition) is 2. The van der Waals surface area contributed by atoms with E-state index in [1.54, 1.807) is 6.33 Å². The van der Waals surface area contributed by atoms with Crippen molar-refractivity contribution in [2.24, 2.45) is 5.73 Å². The van der Waals surface area contributed by atoms with Crippen molar-refractivity contribution in [2.45, 2.75) is 25.2 Å². The molecule has 0 amide bonds. The van der Waals surface area contributed by atoms with Gasteiger partial charge in [0.25, 0.3) is 0 Å². The molecule has 3 heterocycles. The van der Waals surface area contributed by atoms with Crippen LogP contribution in [0.25, 0.3) is 11.2 Å².